The van der Waals surface area contributed by atoms with E-state index in [1.54, 1.807) is 24.8 Å². The molecule has 0 aliphatic rings. The molecule has 0 atom stereocenters. The van der Waals surface area contributed by atoms with E-state index in [9.17, 15) is 0 Å². The fourth-order valence-corrected chi connectivity index (χ4v) is 1.29. The standard InChI is InChI=1S/C10H13N5/c1-11-4-5-15-8-9(6-14-15)10-7-12-2-3-13-10/h2-3,6-8,11H,4-5H2,1H3. The van der Waals surface area contributed by atoms with Crippen LogP contribution in [0.4, 0.5) is 0 Å². The van der Waals surface area contributed by atoms with Gasteiger partial charge in [-0.15, -0.1) is 0 Å². The highest BCUT2D eigenvalue weighted by Crippen LogP contribution is 2.13. The van der Waals surface area contributed by atoms with Crippen LogP contribution in [0.25, 0.3) is 11.3 Å². The zero-order valence-corrected chi connectivity index (χ0v) is 8.59. The van der Waals surface area contributed by atoms with Crippen LogP contribution in [-0.2, 0) is 6.54 Å². The van der Waals surface area contributed by atoms with Crippen molar-refractivity contribution in [2.24, 2.45) is 0 Å². The third kappa shape index (κ3) is 2.38. The highest BCUT2D eigenvalue weighted by atomic mass is 15.3. The maximum Gasteiger partial charge on any atom is 0.0916 e. The summed E-state index contributed by atoms with van der Waals surface area (Å²) in [6, 6.07) is 0. The van der Waals surface area contributed by atoms with Gasteiger partial charge in [0, 0.05) is 30.7 Å². The lowest BCUT2D eigenvalue weighted by Crippen LogP contribution is -2.14. The smallest absolute Gasteiger partial charge is 0.0916 e. The van der Waals surface area contributed by atoms with E-state index in [2.05, 4.69) is 20.4 Å². The van der Waals surface area contributed by atoms with Crippen molar-refractivity contribution in [2.45, 2.75) is 6.54 Å². The first-order chi connectivity index (χ1) is 7.40. The quantitative estimate of drug-likeness (QED) is 0.788. The van der Waals surface area contributed by atoms with Crippen LogP contribution in [0.15, 0.2) is 31.0 Å². The topological polar surface area (TPSA) is 55.6 Å². The minimum absolute atomic E-state index is 0.855. The van der Waals surface area contributed by atoms with Crippen LogP contribution >= 0.6 is 0 Å². The summed E-state index contributed by atoms with van der Waals surface area (Å²) in [5.41, 5.74) is 1.85. The van der Waals surface area contributed by atoms with Gasteiger partial charge >= 0.3 is 0 Å². The van der Waals surface area contributed by atoms with Crippen LogP contribution in [0.3, 0.4) is 0 Å². The molecule has 0 amide bonds. The normalized spacial score (nSPS) is 10.5. The number of hydrogen-bond acceptors (Lipinski definition) is 4. The molecular weight excluding hydrogens is 190 g/mol. The second-order valence-electron chi connectivity index (χ2n) is 3.19. The van der Waals surface area contributed by atoms with Gasteiger partial charge in [0.25, 0.3) is 0 Å². The minimum atomic E-state index is 0.855. The van der Waals surface area contributed by atoms with Crippen molar-refractivity contribution in [1.82, 2.24) is 25.1 Å². The van der Waals surface area contributed by atoms with Gasteiger partial charge in [0.05, 0.1) is 24.6 Å². The van der Waals surface area contributed by atoms with Crippen molar-refractivity contribution < 1.29 is 0 Å². The molecule has 0 aliphatic carbocycles. The van der Waals surface area contributed by atoms with Crippen molar-refractivity contribution in [3.63, 3.8) is 0 Å². The van der Waals surface area contributed by atoms with E-state index in [4.69, 9.17) is 0 Å². The van der Waals surface area contributed by atoms with Crippen LogP contribution in [0, 0.1) is 0 Å². The van der Waals surface area contributed by atoms with Gasteiger partial charge in [-0.25, -0.2) is 0 Å². The molecule has 0 fully saturated rings. The Kier molecular flexibility index (Phi) is 3.04. The van der Waals surface area contributed by atoms with E-state index in [1.165, 1.54) is 0 Å². The molecule has 0 saturated carbocycles. The van der Waals surface area contributed by atoms with Crippen molar-refractivity contribution in [2.75, 3.05) is 13.6 Å². The Labute approximate surface area is 88.2 Å². The maximum atomic E-state index is 4.24. The largest absolute Gasteiger partial charge is 0.318 e. The van der Waals surface area contributed by atoms with Gasteiger partial charge < -0.3 is 5.32 Å². The first-order valence-corrected chi connectivity index (χ1v) is 4.83. The average Bonchev–Trinajstić information content (AvgIpc) is 2.76. The molecule has 2 heterocycles. The summed E-state index contributed by atoms with van der Waals surface area (Å²) in [5, 5.41) is 7.32. The molecule has 0 radical (unpaired) electrons. The highest BCUT2D eigenvalue weighted by Gasteiger charge is 2.01. The molecule has 0 unspecified atom stereocenters. The van der Waals surface area contributed by atoms with Crippen molar-refractivity contribution >= 4 is 0 Å². The van der Waals surface area contributed by atoms with E-state index in [0.717, 1.165) is 24.3 Å². The Hall–Kier alpha value is -1.75. The molecule has 0 spiro atoms. The zero-order valence-electron chi connectivity index (χ0n) is 8.59. The molecule has 5 nitrogen and oxygen atoms in total. The molecule has 0 saturated heterocycles. The number of aromatic nitrogens is 4. The third-order valence-electron chi connectivity index (χ3n) is 2.08. The van der Waals surface area contributed by atoms with Gasteiger partial charge in [-0.05, 0) is 7.05 Å². The third-order valence-corrected chi connectivity index (χ3v) is 2.08. The molecule has 1 N–H and O–H groups in total. The van der Waals surface area contributed by atoms with Crippen LogP contribution in [0.2, 0.25) is 0 Å². The molecule has 0 bridgehead atoms. The van der Waals surface area contributed by atoms with Crippen LogP contribution in [-0.4, -0.2) is 33.3 Å². The van der Waals surface area contributed by atoms with E-state index in [-0.39, 0.29) is 0 Å². The number of nitrogens with one attached hydrogen (secondary N) is 1. The summed E-state index contributed by atoms with van der Waals surface area (Å²) in [6.45, 7) is 1.76. The zero-order chi connectivity index (χ0) is 10.5. The summed E-state index contributed by atoms with van der Waals surface area (Å²) in [4.78, 5) is 8.23. The van der Waals surface area contributed by atoms with Crippen molar-refractivity contribution in [3.05, 3.63) is 31.0 Å². The first-order valence-electron chi connectivity index (χ1n) is 4.83. The van der Waals surface area contributed by atoms with E-state index in [1.807, 2.05) is 17.9 Å². The number of rotatable bonds is 4. The lowest BCUT2D eigenvalue weighted by atomic mass is 10.3. The summed E-state index contributed by atoms with van der Waals surface area (Å²) < 4.78 is 1.89. The van der Waals surface area contributed by atoms with Gasteiger partial charge in [0.2, 0.25) is 0 Å². The Morgan fingerprint density at radius 3 is 3.00 bits per heavy atom. The Morgan fingerprint density at radius 2 is 2.27 bits per heavy atom. The fourth-order valence-electron chi connectivity index (χ4n) is 1.29. The maximum absolute atomic E-state index is 4.24. The Morgan fingerprint density at radius 1 is 1.33 bits per heavy atom. The average molecular weight is 203 g/mol. The van der Waals surface area contributed by atoms with E-state index in [0.29, 0.717) is 0 Å². The van der Waals surface area contributed by atoms with Crippen molar-refractivity contribution in [1.29, 1.82) is 0 Å². The molecule has 78 valence electrons. The van der Waals surface area contributed by atoms with Crippen LogP contribution < -0.4 is 5.32 Å². The molecule has 2 rings (SSSR count). The predicted molar refractivity (Wildman–Crippen MR) is 57.2 cm³/mol. The molecule has 15 heavy (non-hydrogen) atoms. The van der Waals surface area contributed by atoms with E-state index < -0.39 is 0 Å². The van der Waals surface area contributed by atoms with Crippen LogP contribution in [0.1, 0.15) is 0 Å². The monoisotopic (exact) mass is 203 g/mol. The number of nitrogens with zero attached hydrogens (tertiary/aromatic N) is 4. The summed E-state index contributed by atoms with van der Waals surface area (Å²) in [7, 11) is 1.92. The first kappa shape index (κ1) is 9.79. The Balaban J connectivity index is 2.14. The van der Waals surface area contributed by atoms with Gasteiger partial charge in [-0.1, -0.05) is 0 Å². The summed E-state index contributed by atoms with van der Waals surface area (Å²) in [6.07, 6.45) is 8.86. The Bertz CT molecular complexity index is 409. The van der Waals surface area contributed by atoms with Gasteiger partial charge in [0.1, 0.15) is 0 Å². The number of likely N-dealkylation sites (N-methyl/N-ethyl adjacent to an activating group) is 1. The lowest BCUT2D eigenvalue weighted by molar-refractivity contribution is 0.585. The van der Waals surface area contributed by atoms with E-state index >= 15 is 0 Å². The second kappa shape index (κ2) is 4.65. The molecule has 2 aromatic rings. The van der Waals surface area contributed by atoms with Gasteiger partial charge in [0.15, 0.2) is 0 Å². The minimum Gasteiger partial charge on any atom is -0.318 e. The molecular formula is C10H13N5. The predicted octanol–water partition coefficient (Wildman–Crippen LogP) is 0.559. The summed E-state index contributed by atoms with van der Waals surface area (Å²) >= 11 is 0. The lowest BCUT2D eigenvalue weighted by Gasteiger charge is -1.98. The molecule has 5 heteroatoms. The molecule has 0 aliphatic heterocycles. The van der Waals surface area contributed by atoms with Crippen molar-refractivity contribution in [3.8, 4) is 11.3 Å². The molecule has 0 aromatic carbocycles. The van der Waals surface area contributed by atoms with Crippen LogP contribution in [0.5, 0.6) is 0 Å². The highest BCUT2D eigenvalue weighted by molar-refractivity contribution is 5.55. The van der Waals surface area contributed by atoms with Gasteiger partial charge in [-0.3, -0.25) is 14.6 Å². The SMILES string of the molecule is CNCCn1cc(-c2cnccn2)cn1. The summed E-state index contributed by atoms with van der Waals surface area (Å²) in [5.74, 6) is 0. The fraction of sp³-hybridized carbons (Fsp3) is 0.300. The van der Waals surface area contributed by atoms with Gasteiger partial charge in [-0.2, -0.15) is 5.10 Å². The second-order valence-corrected chi connectivity index (χ2v) is 3.19. The molecule has 2 aromatic heterocycles. The number of hydrogen-bond donors (Lipinski definition) is 1.